The van der Waals surface area contributed by atoms with Gasteiger partial charge in [0.05, 0.1) is 0 Å². The van der Waals surface area contributed by atoms with E-state index in [9.17, 15) is 9.18 Å². The van der Waals surface area contributed by atoms with Gasteiger partial charge in [-0.1, -0.05) is 15.9 Å². The van der Waals surface area contributed by atoms with Crippen LogP contribution in [0, 0.1) is 5.82 Å². The van der Waals surface area contributed by atoms with Gasteiger partial charge in [0, 0.05) is 21.8 Å². The quantitative estimate of drug-likeness (QED) is 0.781. The summed E-state index contributed by atoms with van der Waals surface area (Å²) in [6.07, 6.45) is 0.0992. The van der Waals surface area contributed by atoms with E-state index in [0.29, 0.717) is 11.1 Å². The van der Waals surface area contributed by atoms with Gasteiger partial charge in [0.25, 0.3) is 0 Å². The minimum absolute atomic E-state index is 0.0572. The van der Waals surface area contributed by atoms with E-state index in [4.69, 9.17) is 0 Å². The third-order valence-electron chi connectivity index (χ3n) is 2.20. The van der Waals surface area contributed by atoms with Crippen molar-refractivity contribution < 1.29 is 9.18 Å². The molecule has 0 saturated carbocycles. The molecule has 0 N–H and O–H groups in total. The zero-order chi connectivity index (χ0) is 11.5. The number of ketones is 1. The molecule has 0 unspecified atom stereocenters. The number of thiophene rings is 1. The van der Waals surface area contributed by atoms with Crippen molar-refractivity contribution >= 4 is 33.0 Å². The number of halogens is 2. The number of hydrogen-bond acceptors (Lipinski definition) is 2. The van der Waals surface area contributed by atoms with E-state index in [1.54, 1.807) is 23.6 Å². The average Bonchev–Trinajstić information content (AvgIpc) is 2.76. The van der Waals surface area contributed by atoms with Crippen molar-refractivity contribution in [3.05, 3.63) is 56.4 Å². The molecule has 0 amide bonds. The van der Waals surface area contributed by atoms with Gasteiger partial charge in [0.1, 0.15) is 5.82 Å². The molecule has 0 spiro atoms. The van der Waals surface area contributed by atoms with Crippen molar-refractivity contribution in [3.8, 4) is 0 Å². The van der Waals surface area contributed by atoms with Gasteiger partial charge in [0.2, 0.25) is 0 Å². The lowest BCUT2D eigenvalue weighted by atomic mass is 10.1. The van der Waals surface area contributed by atoms with Crippen LogP contribution in [0.4, 0.5) is 4.39 Å². The fraction of sp³-hybridized carbons (Fsp3) is 0.0833. The molecule has 2 aromatic rings. The van der Waals surface area contributed by atoms with E-state index in [2.05, 4.69) is 15.9 Å². The van der Waals surface area contributed by atoms with Crippen LogP contribution in [-0.4, -0.2) is 5.78 Å². The van der Waals surface area contributed by atoms with E-state index in [0.717, 1.165) is 4.47 Å². The summed E-state index contributed by atoms with van der Waals surface area (Å²) in [6, 6.07) is 6.37. The maximum Gasteiger partial charge on any atom is 0.168 e. The molecule has 1 heterocycles. The van der Waals surface area contributed by atoms with Crippen LogP contribution >= 0.6 is 27.3 Å². The number of carbonyl (C=O) groups excluding carboxylic acids is 1. The van der Waals surface area contributed by atoms with Crippen molar-refractivity contribution in [1.82, 2.24) is 0 Å². The predicted octanol–water partition coefficient (Wildman–Crippen LogP) is 4.08. The Balaban J connectivity index is 2.21. The normalized spacial score (nSPS) is 10.4. The van der Waals surface area contributed by atoms with Crippen LogP contribution in [0.3, 0.4) is 0 Å². The van der Waals surface area contributed by atoms with Gasteiger partial charge in [0.15, 0.2) is 5.78 Å². The highest BCUT2D eigenvalue weighted by Crippen LogP contribution is 2.18. The van der Waals surface area contributed by atoms with Crippen LogP contribution in [-0.2, 0) is 6.42 Å². The minimum atomic E-state index is -0.341. The largest absolute Gasteiger partial charge is 0.294 e. The second kappa shape index (κ2) is 4.89. The molecule has 0 radical (unpaired) electrons. The number of Topliss-reactive ketones (excluding diaryl/α,β-unsaturated/α-hetero) is 1. The van der Waals surface area contributed by atoms with Gasteiger partial charge >= 0.3 is 0 Å². The molecule has 4 heteroatoms. The molecule has 1 nitrogen and oxygen atoms in total. The Morgan fingerprint density at radius 1 is 1.38 bits per heavy atom. The summed E-state index contributed by atoms with van der Waals surface area (Å²) in [5.74, 6) is -0.398. The lowest BCUT2D eigenvalue weighted by Gasteiger charge is -2.02. The summed E-state index contributed by atoms with van der Waals surface area (Å²) in [7, 11) is 0. The van der Waals surface area contributed by atoms with E-state index in [1.807, 2.05) is 5.38 Å². The lowest BCUT2D eigenvalue weighted by Crippen LogP contribution is -2.03. The highest BCUT2D eigenvalue weighted by molar-refractivity contribution is 9.10. The molecule has 16 heavy (non-hydrogen) atoms. The Labute approximate surface area is 105 Å². The summed E-state index contributed by atoms with van der Waals surface area (Å²) in [4.78, 5) is 11.8. The number of hydrogen-bond donors (Lipinski definition) is 0. The third kappa shape index (κ3) is 2.57. The number of carbonyl (C=O) groups is 1. The standard InChI is InChI=1S/C12H8BrFOS/c13-10-1-2-11(14)9(5-10)6-12(15)8-3-4-16-7-8/h1-5,7H,6H2. The first kappa shape index (κ1) is 11.5. The van der Waals surface area contributed by atoms with Crippen LogP contribution in [0.15, 0.2) is 39.5 Å². The van der Waals surface area contributed by atoms with Crippen molar-refractivity contribution in [2.45, 2.75) is 6.42 Å². The zero-order valence-electron chi connectivity index (χ0n) is 8.24. The van der Waals surface area contributed by atoms with Crippen LogP contribution in [0.1, 0.15) is 15.9 Å². The fourth-order valence-electron chi connectivity index (χ4n) is 1.38. The summed E-state index contributed by atoms with van der Waals surface area (Å²) in [5.41, 5.74) is 1.06. The molecule has 0 fully saturated rings. The molecule has 0 atom stereocenters. The van der Waals surface area contributed by atoms with E-state index >= 15 is 0 Å². The van der Waals surface area contributed by atoms with Crippen molar-refractivity contribution in [1.29, 1.82) is 0 Å². The Morgan fingerprint density at radius 2 is 2.19 bits per heavy atom. The van der Waals surface area contributed by atoms with Gasteiger partial charge in [-0.05, 0) is 35.2 Å². The molecule has 0 aliphatic heterocycles. The van der Waals surface area contributed by atoms with Gasteiger partial charge in [-0.2, -0.15) is 11.3 Å². The predicted molar refractivity (Wildman–Crippen MR) is 66.5 cm³/mol. The second-order valence-corrected chi connectivity index (χ2v) is 5.04. The van der Waals surface area contributed by atoms with Crippen LogP contribution in [0.25, 0.3) is 0 Å². The van der Waals surface area contributed by atoms with E-state index in [-0.39, 0.29) is 18.0 Å². The van der Waals surface area contributed by atoms with Crippen molar-refractivity contribution in [3.63, 3.8) is 0 Å². The summed E-state index contributed by atoms with van der Waals surface area (Å²) >= 11 is 4.72. The molecule has 1 aromatic carbocycles. The molecule has 82 valence electrons. The highest BCUT2D eigenvalue weighted by atomic mass is 79.9. The summed E-state index contributed by atoms with van der Waals surface area (Å²) in [5, 5.41) is 3.61. The monoisotopic (exact) mass is 298 g/mol. The molecule has 0 aliphatic carbocycles. The zero-order valence-corrected chi connectivity index (χ0v) is 10.6. The maximum absolute atomic E-state index is 13.4. The van der Waals surface area contributed by atoms with E-state index < -0.39 is 0 Å². The molecular weight excluding hydrogens is 291 g/mol. The minimum Gasteiger partial charge on any atom is -0.294 e. The topological polar surface area (TPSA) is 17.1 Å². The van der Waals surface area contributed by atoms with Gasteiger partial charge in [-0.3, -0.25) is 4.79 Å². The first-order valence-electron chi connectivity index (χ1n) is 4.66. The maximum atomic E-state index is 13.4. The first-order valence-corrected chi connectivity index (χ1v) is 6.40. The fourth-order valence-corrected chi connectivity index (χ4v) is 2.45. The summed E-state index contributed by atoms with van der Waals surface area (Å²) in [6.45, 7) is 0. The Bertz CT molecular complexity index is 508. The van der Waals surface area contributed by atoms with Gasteiger partial charge < -0.3 is 0 Å². The van der Waals surface area contributed by atoms with E-state index in [1.165, 1.54) is 17.4 Å². The smallest absolute Gasteiger partial charge is 0.168 e. The van der Waals surface area contributed by atoms with Gasteiger partial charge in [-0.15, -0.1) is 0 Å². The SMILES string of the molecule is O=C(Cc1cc(Br)ccc1F)c1ccsc1. The second-order valence-electron chi connectivity index (χ2n) is 3.35. The van der Waals surface area contributed by atoms with Gasteiger partial charge in [-0.25, -0.2) is 4.39 Å². The van der Waals surface area contributed by atoms with Crippen molar-refractivity contribution in [2.24, 2.45) is 0 Å². The third-order valence-corrected chi connectivity index (χ3v) is 3.38. The van der Waals surface area contributed by atoms with Crippen molar-refractivity contribution in [2.75, 3.05) is 0 Å². The molecule has 0 saturated heterocycles. The molecular formula is C12H8BrFOS. The molecule has 2 rings (SSSR count). The Morgan fingerprint density at radius 3 is 2.88 bits per heavy atom. The average molecular weight is 299 g/mol. The highest BCUT2D eigenvalue weighted by Gasteiger charge is 2.11. The van der Waals surface area contributed by atoms with Crippen LogP contribution < -0.4 is 0 Å². The van der Waals surface area contributed by atoms with Crippen LogP contribution in [0.5, 0.6) is 0 Å². The lowest BCUT2D eigenvalue weighted by molar-refractivity contribution is 0.0992. The number of rotatable bonds is 3. The molecule has 0 bridgehead atoms. The number of benzene rings is 1. The Hall–Kier alpha value is -1.00. The Kier molecular flexibility index (Phi) is 3.51. The first-order chi connectivity index (χ1) is 7.66. The molecule has 1 aromatic heterocycles. The summed E-state index contributed by atoms with van der Waals surface area (Å²) < 4.78 is 14.2. The van der Waals surface area contributed by atoms with Crippen LogP contribution in [0.2, 0.25) is 0 Å². The molecule has 0 aliphatic rings.